The number of rotatable bonds is 7. The van der Waals surface area contributed by atoms with Gasteiger partial charge in [0.25, 0.3) is 5.69 Å². The van der Waals surface area contributed by atoms with Gasteiger partial charge in [-0.3, -0.25) is 14.9 Å². The van der Waals surface area contributed by atoms with Gasteiger partial charge in [0.05, 0.1) is 18.0 Å². The molecule has 8 heteroatoms. The zero-order valence-electron chi connectivity index (χ0n) is 16.1. The second-order valence-electron chi connectivity index (χ2n) is 7.51. The summed E-state index contributed by atoms with van der Waals surface area (Å²) in [5, 5.41) is 19.8. The predicted octanol–water partition coefficient (Wildman–Crippen LogP) is 2.20. The number of non-ortho nitro benzene ring substituents is 1. The van der Waals surface area contributed by atoms with Gasteiger partial charge in [0.2, 0.25) is 5.91 Å². The molecule has 0 spiro atoms. The Kier molecular flexibility index (Phi) is 8.02. The minimum absolute atomic E-state index is 0.0489. The first-order valence-corrected chi connectivity index (χ1v) is 8.63. The van der Waals surface area contributed by atoms with E-state index in [4.69, 9.17) is 0 Å². The number of guanidine groups is 1. The highest BCUT2D eigenvalue weighted by molar-refractivity contribution is 5.86. The summed E-state index contributed by atoms with van der Waals surface area (Å²) < 4.78 is 0. The first-order valence-electron chi connectivity index (χ1n) is 8.63. The van der Waals surface area contributed by atoms with Crippen molar-refractivity contribution < 1.29 is 9.72 Å². The van der Waals surface area contributed by atoms with Crippen molar-refractivity contribution in [3.8, 4) is 0 Å². The van der Waals surface area contributed by atoms with Crippen molar-refractivity contribution in [1.29, 1.82) is 0 Å². The fourth-order valence-corrected chi connectivity index (χ4v) is 1.99. The molecule has 0 unspecified atom stereocenters. The van der Waals surface area contributed by atoms with Gasteiger partial charge in [-0.25, -0.2) is 4.99 Å². The average Bonchev–Trinajstić information content (AvgIpc) is 2.52. The van der Waals surface area contributed by atoms with E-state index < -0.39 is 4.92 Å². The van der Waals surface area contributed by atoms with Crippen LogP contribution in [0.3, 0.4) is 0 Å². The molecule has 1 rings (SSSR count). The van der Waals surface area contributed by atoms with Gasteiger partial charge in [-0.05, 0) is 32.3 Å². The molecule has 0 aliphatic heterocycles. The number of carbonyl (C=O) groups excluding carboxylic acids is 1. The number of nitro benzene ring substituents is 1. The third kappa shape index (κ3) is 9.00. The van der Waals surface area contributed by atoms with Gasteiger partial charge in [-0.1, -0.05) is 26.0 Å². The maximum Gasteiger partial charge on any atom is 0.269 e. The summed E-state index contributed by atoms with van der Waals surface area (Å²) in [5.74, 6) is 0.831. The van der Waals surface area contributed by atoms with Crippen molar-refractivity contribution in [3.05, 3.63) is 39.9 Å². The van der Waals surface area contributed by atoms with Gasteiger partial charge in [-0.15, -0.1) is 0 Å². The fourth-order valence-electron chi connectivity index (χ4n) is 1.99. The van der Waals surface area contributed by atoms with E-state index in [9.17, 15) is 14.9 Å². The lowest BCUT2D eigenvalue weighted by molar-refractivity contribution is -0.384. The number of amides is 1. The summed E-state index contributed by atoms with van der Waals surface area (Å²) in [7, 11) is 0. The molecule has 0 fully saturated rings. The standard InChI is InChI=1S/C18H29N5O3/c1-13(2)10-19-17(21-12-16(24)22-18(3,4)5)20-11-14-6-8-15(9-7-14)23(25)26/h6-9,13H,10-12H2,1-5H3,(H,22,24)(H2,19,20,21). The molecule has 3 N–H and O–H groups in total. The molecule has 0 atom stereocenters. The molecule has 0 aromatic heterocycles. The van der Waals surface area contributed by atoms with E-state index in [2.05, 4.69) is 34.8 Å². The maximum atomic E-state index is 12.0. The molecule has 1 aromatic rings. The van der Waals surface area contributed by atoms with Crippen LogP contribution in [0.1, 0.15) is 40.2 Å². The van der Waals surface area contributed by atoms with E-state index >= 15 is 0 Å². The molecule has 0 radical (unpaired) electrons. The molecule has 26 heavy (non-hydrogen) atoms. The van der Waals surface area contributed by atoms with E-state index in [0.29, 0.717) is 25.0 Å². The van der Waals surface area contributed by atoms with Gasteiger partial charge in [-0.2, -0.15) is 0 Å². The number of hydrogen-bond donors (Lipinski definition) is 3. The van der Waals surface area contributed by atoms with E-state index in [1.54, 1.807) is 12.1 Å². The lowest BCUT2D eigenvalue weighted by atomic mass is 10.1. The van der Waals surface area contributed by atoms with E-state index in [0.717, 1.165) is 5.56 Å². The summed E-state index contributed by atoms with van der Waals surface area (Å²) in [4.78, 5) is 26.7. The van der Waals surface area contributed by atoms with Crippen LogP contribution in [0.15, 0.2) is 29.3 Å². The highest BCUT2D eigenvalue weighted by atomic mass is 16.6. The molecule has 0 aliphatic rings. The van der Waals surface area contributed by atoms with Crippen molar-refractivity contribution in [3.63, 3.8) is 0 Å². The van der Waals surface area contributed by atoms with Crippen LogP contribution in [-0.2, 0) is 11.3 Å². The Balaban J connectivity index is 2.70. The fraction of sp³-hybridized carbons (Fsp3) is 0.556. The summed E-state index contributed by atoms with van der Waals surface area (Å²) in [6.45, 7) is 11.1. The zero-order valence-corrected chi connectivity index (χ0v) is 16.1. The van der Waals surface area contributed by atoms with Crippen LogP contribution in [0.4, 0.5) is 5.69 Å². The maximum absolute atomic E-state index is 12.0. The summed E-state index contributed by atoms with van der Waals surface area (Å²) in [5.41, 5.74) is 0.605. The number of nitrogens with zero attached hydrogens (tertiary/aromatic N) is 2. The van der Waals surface area contributed by atoms with E-state index in [-0.39, 0.29) is 23.7 Å². The Morgan fingerprint density at radius 2 is 1.81 bits per heavy atom. The van der Waals surface area contributed by atoms with Crippen LogP contribution in [0.5, 0.6) is 0 Å². The van der Waals surface area contributed by atoms with Crippen LogP contribution in [0.2, 0.25) is 0 Å². The second-order valence-corrected chi connectivity index (χ2v) is 7.51. The molecule has 1 amide bonds. The van der Waals surface area contributed by atoms with Gasteiger partial charge in [0, 0.05) is 24.2 Å². The first kappa shape index (κ1) is 21.4. The van der Waals surface area contributed by atoms with Crippen LogP contribution in [-0.4, -0.2) is 35.4 Å². The molecular formula is C18H29N5O3. The van der Waals surface area contributed by atoms with Crippen LogP contribution < -0.4 is 16.0 Å². The van der Waals surface area contributed by atoms with Crippen molar-refractivity contribution in [1.82, 2.24) is 16.0 Å². The number of hydrogen-bond acceptors (Lipinski definition) is 4. The van der Waals surface area contributed by atoms with Crippen molar-refractivity contribution in [2.75, 3.05) is 13.1 Å². The highest BCUT2D eigenvalue weighted by Crippen LogP contribution is 2.12. The second kappa shape index (κ2) is 9.74. The molecule has 8 nitrogen and oxygen atoms in total. The third-order valence-electron chi connectivity index (χ3n) is 3.18. The SMILES string of the molecule is CC(C)CNC(=NCc1ccc([N+](=O)[O-])cc1)NCC(=O)NC(C)(C)C. The summed E-state index contributed by atoms with van der Waals surface area (Å²) >= 11 is 0. The third-order valence-corrected chi connectivity index (χ3v) is 3.18. The molecule has 144 valence electrons. The summed E-state index contributed by atoms with van der Waals surface area (Å²) in [6, 6.07) is 6.26. The smallest absolute Gasteiger partial charge is 0.269 e. The Bertz CT molecular complexity index is 633. The molecule has 0 bridgehead atoms. The van der Waals surface area contributed by atoms with Crippen molar-refractivity contribution in [2.24, 2.45) is 10.9 Å². The molecule has 1 aromatic carbocycles. The number of carbonyl (C=O) groups is 1. The normalized spacial score (nSPS) is 12.0. The first-order chi connectivity index (χ1) is 12.1. The van der Waals surface area contributed by atoms with Crippen LogP contribution in [0.25, 0.3) is 0 Å². The van der Waals surface area contributed by atoms with Gasteiger partial charge < -0.3 is 16.0 Å². The molecular weight excluding hydrogens is 334 g/mol. The Labute approximate surface area is 154 Å². The quantitative estimate of drug-likeness (QED) is 0.298. The monoisotopic (exact) mass is 363 g/mol. The van der Waals surface area contributed by atoms with Crippen molar-refractivity contribution in [2.45, 2.75) is 46.7 Å². The summed E-state index contributed by atoms with van der Waals surface area (Å²) in [6.07, 6.45) is 0. The molecule has 0 saturated heterocycles. The van der Waals surface area contributed by atoms with Crippen LogP contribution >= 0.6 is 0 Å². The number of nitro groups is 1. The lowest BCUT2D eigenvalue weighted by Crippen LogP contribution is -2.48. The van der Waals surface area contributed by atoms with E-state index in [1.165, 1.54) is 12.1 Å². The zero-order chi connectivity index (χ0) is 19.7. The minimum atomic E-state index is -0.432. The Morgan fingerprint density at radius 3 is 2.31 bits per heavy atom. The lowest BCUT2D eigenvalue weighted by Gasteiger charge is -2.21. The average molecular weight is 363 g/mol. The number of benzene rings is 1. The van der Waals surface area contributed by atoms with Crippen LogP contribution in [0, 0.1) is 16.0 Å². The topological polar surface area (TPSA) is 109 Å². The number of nitrogens with one attached hydrogen (secondary N) is 3. The number of aliphatic imine (C=N–C) groups is 1. The highest BCUT2D eigenvalue weighted by Gasteiger charge is 2.14. The van der Waals surface area contributed by atoms with E-state index in [1.807, 2.05) is 20.8 Å². The van der Waals surface area contributed by atoms with Gasteiger partial charge >= 0.3 is 0 Å². The van der Waals surface area contributed by atoms with Gasteiger partial charge in [0.1, 0.15) is 0 Å². The molecule has 0 aliphatic carbocycles. The Hall–Kier alpha value is -2.64. The predicted molar refractivity (Wildman–Crippen MR) is 103 cm³/mol. The Morgan fingerprint density at radius 1 is 1.19 bits per heavy atom. The van der Waals surface area contributed by atoms with Crippen molar-refractivity contribution >= 4 is 17.6 Å². The molecule has 0 saturated carbocycles. The molecule has 0 heterocycles. The largest absolute Gasteiger partial charge is 0.356 e. The van der Waals surface area contributed by atoms with Gasteiger partial charge in [0.15, 0.2) is 5.96 Å². The minimum Gasteiger partial charge on any atom is -0.356 e.